The van der Waals surface area contributed by atoms with Gasteiger partial charge in [0.1, 0.15) is 0 Å². The van der Waals surface area contributed by atoms with Gasteiger partial charge in [0, 0.05) is 6.54 Å². The van der Waals surface area contributed by atoms with Crippen LogP contribution in [0.3, 0.4) is 0 Å². The Morgan fingerprint density at radius 1 is 1.83 bits per heavy atom. The maximum absolute atomic E-state index is 6.93. The van der Waals surface area contributed by atoms with Gasteiger partial charge in [-0.2, -0.15) is 0 Å². The number of hydrogen-bond acceptors (Lipinski definition) is 1. The molecule has 1 heterocycles. The number of nitrogens with one attached hydrogen (secondary N) is 2. The van der Waals surface area contributed by atoms with Crippen molar-refractivity contribution in [1.82, 2.24) is 11.1 Å². The van der Waals surface area contributed by atoms with E-state index in [1.807, 2.05) is 12.2 Å². The highest BCUT2D eigenvalue weighted by Crippen LogP contribution is 1.85. The monoisotopic (exact) mass is 83.1 g/mol. The molecule has 1 rings (SSSR count). The van der Waals surface area contributed by atoms with Crippen molar-refractivity contribution in [3.63, 3.8) is 0 Å². The zero-order valence-electron chi connectivity index (χ0n) is 3.44. The molecule has 0 aromatic carbocycles. The summed E-state index contributed by atoms with van der Waals surface area (Å²) in [4.78, 5) is 0. The van der Waals surface area contributed by atoms with E-state index < -0.39 is 0 Å². The van der Waals surface area contributed by atoms with Crippen molar-refractivity contribution in [3.8, 4) is 0 Å². The van der Waals surface area contributed by atoms with E-state index >= 15 is 0 Å². The molecule has 1 unspecified atom stereocenters. The van der Waals surface area contributed by atoms with Crippen LogP contribution in [0, 0.1) is 0 Å². The number of rotatable bonds is 0. The average Bonchev–Trinajstić information content (AvgIpc) is 1.86. The molecular formula is C4H7N2. The summed E-state index contributed by atoms with van der Waals surface area (Å²) in [6.07, 6.45) is 3.66. The van der Waals surface area contributed by atoms with Gasteiger partial charge in [-0.1, -0.05) is 12.2 Å². The molecule has 2 N–H and O–H groups in total. The van der Waals surface area contributed by atoms with Crippen LogP contribution in [-0.2, 0) is 0 Å². The Balaban J connectivity index is 2.38. The van der Waals surface area contributed by atoms with Crippen molar-refractivity contribution in [1.29, 1.82) is 0 Å². The van der Waals surface area contributed by atoms with Gasteiger partial charge in [-0.15, -0.1) is 0 Å². The van der Waals surface area contributed by atoms with Gasteiger partial charge in [0.2, 0.25) is 0 Å². The van der Waals surface area contributed by atoms with Gasteiger partial charge in [0.15, 0.2) is 0 Å². The highest BCUT2D eigenvalue weighted by atomic mass is 15.0. The van der Waals surface area contributed by atoms with Crippen LogP contribution >= 0.6 is 0 Å². The van der Waals surface area contributed by atoms with Crippen LogP contribution in [0.25, 0.3) is 0 Å². The molecule has 0 fully saturated rings. The first-order valence-electron chi connectivity index (χ1n) is 2.01. The van der Waals surface area contributed by atoms with E-state index in [0.29, 0.717) is 0 Å². The molecule has 1 radical (unpaired) electrons. The third-order valence-corrected chi connectivity index (χ3v) is 0.784. The van der Waals surface area contributed by atoms with Crippen molar-refractivity contribution in [2.75, 3.05) is 6.54 Å². The second-order valence-electron chi connectivity index (χ2n) is 1.31. The lowest BCUT2D eigenvalue weighted by atomic mass is 10.5. The Bertz CT molecular complexity index is 67.9. The summed E-state index contributed by atoms with van der Waals surface area (Å²) >= 11 is 0. The molecule has 0 aliphatic carbocycles. The van der Waals surface area contributed by atoms with Gasteiger partial charge in [0.05, 0.1) is 6.17 Å². The molecule has 0 aromatic heterocycles. The first-order chi connectivity index (χ1) is 2.89. The normalized spacial score (nSPS) is 31.8. The maximum atomic E-state index is 6.93. The first-order valence-corrected chi connectivity index (χ1v) is 2.01. The second kappa shape index (κ2) is 1.41. The van der Waals surface area contributed by atoms with E-state index in [4.69, 9.17) is 5.73 Å². The summed E-state index contributed by atoms with van der Waals surface area (Å²) in [6.45, 7) is 0.869. The lowest BCUT2D eigenvalue weighted by Gasteiger charge is -1.93. The van der Waals surface area contributed by atoms with Crippen LogP contribution < -0.4 is 11.1 Å². The van der Waals surface area contributed by atoms with E-state index in [1.54, 1.807) is 0 Å². The van der Waals surface area contributed by atoms with Crippen LogP contribution in [-0.4, -0.2) is 12.7 Å². The molecular weight excluding hydrogens is 76.1 g/mol. The molecule has 0 bridgehead atoms. The quantitative estimate of drug-likeness (QED) is 0.403. The molecule has 0 saturated carbocycles. The highest BCUT2D eigenvalue weighted by molar-refractivity contribution is 4.98. The number of hydrogen-bond donors (Lipinski definition) is 1. The summed E-state index contributed by atoms with van der Waals surface area (Å²) in [5.41, 5.74) is 6.93. The van der Waals surface area contributed by atoms with E-state index in [-0.39, 0.29) is 6.17 Å². The summed E-state index contributed by atoms with van der Waals surface area (Å²) in [5, 5.41) is 2.88. The van der Waals surface area contributed by atoms with Crippen molar-refractivity contribution in [2.24, 2.45) is 0 Å². The molecule has 1 aliphatic rings. The standard InChI is InChI=1S/C4H7N2/c5-4-2-1-3-6-4/h1-2,4-6H,3H2. The topological polar surface area (TPSA) is 35.8 Å². The lowest BCUT2D eigenvalue weighted by Crippen LogP contribution is -2.22. The largest absolute Gasteiger partial charge is 0.294 e. The molecule has 2 nitrogen and oxygen atoms in total. The van der Waals surface area contributed by atoms with Gasteiger partial charge >= 0.3 is 0 Å². The first kappa shape index (κ1) is 3.84. The Hall–Kier alpha value is -0.340. The van der Waals surface area contributed by atoms with E-state index in [2.05, 4.69) is 5.32 Å². The van der Waals surface area contributed by atoms with Crippen molar-refractivity contribution >= 4 is 0 Å². The van der Waals surface area contributed by atoms with E-state index in [9.17, 15) is 0 Å². The minimum atomic E-state index is -0.134. The van der Waals surface area contributed by atoms with Crippen LogP contribution in [0.1, 0.15) is 0 Å². The average molecular weight is 83.1 g/mol. The lowest BCUT2D eigenvalue weighted by molar-refractivity contribution is 0.679. The summed E-state index contributed by atoms with van der Waals surface area (Å²) in [5.74, 6) is 0. The molecule has 1 aliphatic heterocycles. The van der Waals surface area contributed by atoms with Gasteiger partial charge in [-0.3, -0.25) is 5.32 Å². The molecule has 0 amide bonds. The Morgan fingerprint density at radius 3 is 2.83 bits per heavy atom. The molecule has 0 spiro atoms. The zero-order chi connectivity index (χ0) is 4.41. The van der Waals surface area contributed by atoms with E-state index in [1.165, 1.54) is 0 Å². The minimum Gasteiger partial charge on any atom is -0.294 e. The smallest absolute Gasteiger partial charge is 0.0896 e. The SMILES string of the molecule is [NH]C1C=CCN1. The van der Waals surface area contributed by atoms with E-state index in [0.717, 1.165) is 6.54 Å². The van der Waals surface area contributed by atoms with Crippen molar-refractivity contribution in [3.05, 3.63) is 12.2 Å². The van der Waals surface area contributed by atoms with Crippen LogP contribution in [0.5, 0.6) is 0 Å². The third-order valence-electron chi connectivity index (χ3n) is 0.784. The predicted molar refractivity (Wildman–Crippen MR) is 24.0 cm³/mol. The van der Waals surface area contributed by atoms with Crippen LogP contribution in [0.15, 0.2) is 12.2 Å². The van der Waals surface area contributed by atoms with Crippen LogP contribution in [0.4, 0.5) is 0 Å². The molecule has 33 valence electrons. The second-order valence-corrected chi connectivity index (χ2v) is 1.31. The minimum absolute atomic E-state index is 0.134. The summed E-state index contributed by atoms with van der Waals surface area (Å²) < 4.78 is 0. The van der Waals surface area contributed by atoms with Crippen LogP contribution in [0.2, 0.25) is 0 Å². The van der Waals surface area contributed by atoms with Crippen molar-refractivity contribution < 1.29 is 0 Å². The zero-order valence-corrected chi connectivity index (χ0v) is 3.44. The molecule has 0 saturated heterocycles. The third kappa shape index (κ3) is 0.584. The summed E-state index contributed by atoms with van der Waals surface area (Å²) in [6, 6.07) is 0. The predicted octanol–water partition coefficient (Wildman–Crippen LogP) is -0.245. The summed E-state index contributed by atoms with van der Waals surface area (Å²) in [7, 11) is 0. The fraction of sp³-hybridized carbons (Fsp3) is 0.500. The molecule has 2 heteroatoms. The van der Waals surface area contributed by atoms with Gasteiger partial charge in [-0.25, -0.2) is 5.73 Å². The molecule has 1 atom stereocenters. The Kier molecular flexibility index (Phi) is 0.900. The van der Waals surface area contributed by atoms with Gasteiger partial charge in [0.25, 0.3) is 0 Å². The fourth-order valence-corrected chi connectivity index (χ4v) is 0.467. The molecule has 0 aromatic rings. The Labute approximate surface area is 37.0 Å². The van der Waals surface area contributed by atoms with Gasteiger partial charge in [-0.05, 0) is 0 Å². The van der Waals surface area contributed by atoms with Gasteiger partial charge < -0.3 is 0 Å². The highest BCUT2D eigenvalue weighted by Gasteiger charge is 1.97. The maximum Gasteiger partial charge on any atom is 0.0896 e. The Morgan fingerprint density at radius 2 is 2.67 bits per heavy atom. The fourth-order valence-electron chi connectivity index (χ4n) is 0.467. The molecule has 6 heavy (non-hydrogen) atoms. The van der Waals surface area contributed by atoms with Crippen molar-refractivity contribution in [2.45, 2.75) is 6.17 Å².